The maximum Gasteiger partial charge on any atom is 0.406 e. The van der Waals surface area contributed by atoms with Gasteiger partial charge in [0.2, 0.25) is 5.91 Å². The van der Waals surface area contributed by atoms with Crippen molar-refractivity contribution in [3.8, 4) is 0 Å². The molecule has 0 bridgehead atoms. The summed E-state index contributed by atoms with van der Waals surface area (Å²) in [5.41, 5.74) is 0.639. The molecule has 1 N–H and O–H groups in total. The van der Waals surface area contributed by atoms with Crippen molar-refractivity contribution in [2.45, 2.75) is 19.5 Å². The first-order chi connectivity index (χ1) is 11.2. The molecule has 2 rings (SSSR count). The van der Waals surface area contributed by atoms with E-state index in [4.69, 9.17) is 0 Å². The third-order valence-corrected chi connectivity index (χ3v) is 3.85. The number of alkyl halides is 3. The Morgan fingerprint density at radius 3 is 2.38 bits per heavy atom. The first-order valence-electron chi connectivity index (χ1n) is 7.59. The number of hydrogen-bond donors (Lipinski definition) is 1. The molecule has 0 aliphatic heterocycles. The Labute approximate surface area is 138 Å². The van der Waals surface area contributed by atoms with Gasteiger partial charge in [-0.15, -0.1) is 6.58 Å². The highest BCUT2D eigenvalue weighted by Crippen LogP contribution is 2.38. The highest BCUT2D eigenvalue weighted by molar-refractivity contribution is 5.97. The van der Waals surface area contributed by atoms with Crippen molar-refractivity contribution < 1.29 is 22.8 Å². The van der Waals surface area contributed by atoms with Gasteiger partial charge in [0, 0.05) is 23.7 Å². The van der Waals surface area contributed by atoms with Crippen molar-refractivity contribution >= 4 is 17.5 Å². The Kier molecular flexibility index (Phi) is 5.31. The average molecular weight is 340 g/mol. The molecule has 2 unspecified atom stereocenters. The summed E-state index contributed by atoms with van der Waals surface area (Å²) >= 11 is 0. The van der Waals surface area contributed by atoms with Crippen molar-refractivity contribution in [2.75, 3.05) is 18.4 Å². The third kappa shape index (κ3) is 4.84. The van der Waals surface area contributed by atoms with Gasteiger partial charge in [-0.1, -0.05) is 13.0 Å². The maximum absolute atomic E-state index is 12.6. The van der Waals surface area contributed by atoms with Crippen molar-refractivity contribution in [3.63, 3.8) is 0 Å². The van der Waals surface area contributed by atoms with Gasteiger partial charge in [0.15, 0.2) is 0 Å². The van der Waals surface area contributed by atoms with Crippen LogP contribution in [0.15, 0.2) is 36.9 Å². The lowest BCUT2D eigenvalue weighted by Crippen LogP contribution is -2.39. The van der Waals surface area contributed by atoms with Gasteiger partial charge >= 0.3 is 6.18 Å². The Hall–Kier alpha value is -2.31. The van der Waals surface area contributed by atoms with Crippen LogP contribution in [0.5, 0.6) is 0 Å². The predicted molar refractivity (Wildman–Crippen MR) is 84.5 cm³/mol. The Morgan fingerprint density at radius 1 is 1.33 bits per heavy atom. The lowest BCUT2D eigenvalue weighted by atomic mass is 10.1. The summed E-state index contributed by atoms with van der Waals surface area (Å²) in [6, 6.07) is 5.83. The Balaban J connectivity index is 2.03. The highest BCUT2D eigenvalue weighted by Gasteiger charge is 2.39. The summed E-state index contributed by atoms with van der Waals surface area (Å²) in [4.78, 5) is 24.7. The van der Waals surface area contributed by atoms with Crippen LogP contribution in [0.1, 0.15) is 23.7 Å². The quantitative estimate of drug-likeness (QED) is 0.806. The summed E-state index contributed by atoms with van der Waals surface area (Å²) in [5.74, 6) is -0.422. The molecule has 24 heavy (non-hydrogen) atoms. The lowest BCUT2D eigenvalue weighted by molar-refractivity contribution is -0.139. The minimum absolute atomic E-state index is 0.0150. The lowest BCUT2D eigenvalue weighted by Gasteiger charge is -2.22. The van der Waals surface area contributed by atoms with E-state index in [0.717, 1.165) is 6.42 Å². The minimum atomic E-state index is -4.48. The van der Waals surface area contributed by atoms with E-state index in [1.807, 2.05) is 6.92 Å². The SMILES string of the molecule is C=CCN(CC(F)(F)F)C(=O)c1ccc(NC(=O)C2CC2C)cc1. The largest absolute Gasteiger partial charge is 0.406 e. The number of carbonyl (C=O) groups excluding carboxylic acids is 2. The van der Waals surface area contributed by atoms with E-state index in [1.165, 1.54) is 30.3 Å². The summed E-state index contributed by atoms with van der Waals surface area (Å²) in [5, 5.41) is 2.73. The van der Waals surface area contributed by atoms with Gasteiger partial charge in [-0.05, 0) is 36.6 Å². The summed E-state index contributed by atoms with van der Waals surface area (Å²) in [6.45, 7) is 3.82. The molecule has 1 fully saturated rings. The second-order valence-electron chi connectivity index (χ2n) is 5.98. The number of halogens is 3. The van der Waals surface area contributed by atoms with Gasteiger partial charge in [-0.25, -0.2) is 0 Å². The van der Waals surface area contributed by atoms with Gasteiger partial charge in [0.25, 0.3) is 5.91 Å². The minimum Gasteiger partial charge on any atom is -0.326 e. The second kappa shape index (κ2) is 7.07. The van der Waals surface area contributed by atoms with E-state index >= 15 is 0 Å². The number of rotatable bonds is 6. The molecule has 1 aliphatic carbocycles. The number of nitrogens with zero attached hydrogens (tertiary/aromatic N) is 1. The van der Waals surface area contributed by atoms with E-state index in [-0.39, 0.29) is 23.9 Å². The molecule has 130 valence electrons. The van der Waals surface area contributed by atoms with Crippen LogP contribution in [0, 0.1) is 11.8 Å². The zero-order valence-electron chi connectivity index (χ0n) is 13.3. The molecule has 2 atom stereocenters. The van der Waals surface area contributed by atoms with Crippen LogP contribution in [-0.2, 0) is 4.79 Å². The van der Waals surface area contributed by atoms with Crippen molar-refractivity contribution in [1.82, 2.24) is 4.90 Å². The van der Waals surface area contributed by atoms with Gasteiger partial charge in [-0.2, -0.15) is 13.2 Å². The zero-order valence-corrected chi connectivity index (χ0v) is 13.3. The molecule has 1 saturated carbocycles. The van der Waals surface area contributed by atoms with E-state index in [9.17, 15) is 22.8 Å². The van der Waals surface area contributed by atoms with Gasteiger partial charge in [0.05, 0.1) is 0 Å². The molecule has 0 heterocycles. The summed E-state index contributed by atoms with van der Waals surface area (Å²) in [6.07, 6.45) is -2.38. The molecule has 0 saturated heterocycles. The summed E-state index contributed by atoms with van der Waals surface area (Å²) < 4.78 is 37.7. The number of hydrogen-bond acceptors (Lipinski definition) is 2. The van der Waals surface area contributed by atoms with Gasteiger partial charge in [0.1, 0.15) is 6.54 Å². The van der Waals surface area contributed by atoms with Crippen LogP contribution in [0.4, 0.5) is 18.9 Å². The fraction of sp³-hybridized carbons (Fsp3) is 0.412. The third-order valence-electron chi connectivity index (χ3n) is 3.85. The molecule has 2 amide bonds. The van der Waals surface area contributed by atoms with Crippen LogP contribution in [-0.4, -0.2) is 36.0 Å². The van der Waals surface area contributed by atoms with Gasteiger partial charge < -0.3 is 10.2 Å². The van der Waals surface area contributed by atoms with Crippen molar-refractivity contribution in [3.05, 3.63) is 42.5 Å². The van der Waals surface area contributed by atoms with Crippen molar-refractivity contribution in [1.29, 1.82) is 0 Å². The van der Waals surface area contributed by atoms with E-state index in [2.05, 4.69) is 11.9 Å². The first-order valence-corrected chi connectivity index (χ1v) is 7.59. The molecule has 0 radical (unpaired) electrons. The molecule has 1 aliphatic rings. The van der Waals surface area contributed by atoms with Gasteiger partial charge in [-0.3, -0.25) is 9.59 Å². The number of amides is 2. The van der Waals surface area contributed by atoms with Crippen LogP contribution in [0.3, 0.4) is 0 Å². The molecule has 0 spiro atoms. The normalized spacial score (nSPS) is 19.5. The molecule has 4 nitrogen and oxygen atoms in total. The van der Waals surface area contributed by atoms with E-state index in [0.29, 0.717) is 16.5 Å². The average Bonchev–Trinajstić information content (AvgIpc) is 3.23. The van der Waals surface area contributed by atoms with Crippen LogP contribution in [0.2, 0.25) is 0 Å². The number of anilines is 1. The van der Waals surface area contributed by atoms with E-state index in [1.54, 1.807) is 0 Å². The molecule has 7 heteroatoms. The molecule has 1 aromatic carbocycles. The molecule has 0 aromatic heterocycles. The molecular formula is C17H19F3N2O2. The molecule has 1 aromatic rings. The topological polar surface area (TPSA) is 49.4 Å². The van der Waals surface area contributed by atoms with Crippen LogP contribution >= 0.6 is 0 Å². The fourth-order valence-corrected chi connectivity index (χ4v) is 2.39. The van der Waals surface area contributed by atoms with E-state index < -0.39 is 18.6 Å². The number of benzene rings is 1. The standard InChI is InChI=1S/C17H19F3N2O2/c1-3-8-22(10-17(18,19)20)16(24)12-4-6-13(7-5-12)21-15(23)14-9-11(14)2/h3-7,11,14H,1,8-10H2,2H3,(H,21,23). The predicted octanol–water partition coefficient (Wildman–Crippen LogP) is 3.47. The number of nitrogens with one attached hydrogen (secondary N) is 1. The smallest absolute Gasteiger partial charge is 0.326 e. The molecular weight excluding hydrogens is 321 g/mol. The number of carbonyl (C=O) groups is 2. The Morgan fingerprint density at radius 2 is 1.92 bits per heavy atom. The maximum atomic E-state index is 12.6. The zero-order chi connectivity index (χ0) is 17.9. The monoisotopic (exact) mass is 340 g/mol. The van der Waals surface area contributed by atoms with Crippen molar-refractivity contribution in [2.24, 2.45) is 11.8 Å². The Bertz CT molecular complexity index is 626. The fourth-order valence-electron chi connectivity index (χ4n) is 2.39. The van der Waals surface area contributed by atoms with Crippen LogP contribution < -0.4 is 5.32 Å². The second-order valence-corrected chi connectivity index (χ2v) is 5.98. The highest BCUT2D eigenvalue weighted by atomic mass is 19.4. The van der Waals surface area contributed by atoms with Crippen LogP contribution in [0.25, 0.3) is 0 Å². The first kappa shape index (κ1) is 18.0. The summed E-state index contributed by atoms with van der Waals surface area (Å²) in [7, 11) is 0.